The second-order valence-electron chi connectivity index (χ2n) is 1.38. The number of rotatable bonds is 1. The average molecular weight is 185 g/mol. The van der Waals surface area contributed by atoms with E-state index in [-0.39, 0.29) is 0 Å². The first-order valence-corrected chi connectivity index (χ1v) is 2.74. The minimum atomic E-state index is -2.04. The summed E-state index contributed by atoms with van der Waals surface area (Å²) in [6.07, 6.45) is 0. The molecule has 1 atom stereocenters. The van der Waals surface area contributed by atoms with Crippen molar-refractivity contribution in [3.63, 3.8) is 0 Å². The average Bonchev–Trinajstić information content (AvgIpc) is 1.62. The van der Waals surface area contributed by atoms with E-state index in [4.69, 9.17) is 0 Å². The number of halogens is 2. The predicted molar refractivity (Wildman–Crippen MR) is 30.5 cm³/mol. The highest BCUT2D eigenvalue weighted by molar-refractivity contribution is 9.10. The van der Waals surface area contributed by atoms with E-state index in [1.807, 2.05) is 0 Å². The van der Waals surface area contributed by atoms with Crippen molar-refractivity contribution >= 4 is 21.9 Å². The largest absolute Gasteiger partial charge is 0.466 e. The monoisotopic (exact) mass is 184 g/mol. The quantitative estimate of drug-likeness (QED) is 0.453. The first-order chi connectivity index (χ1) is 3.48. The van der Waals surface area contributed by atoms with E-state index in [9.17, 15) is 9.18 Å². The van der Waals surface area contributed by atoms with Gasteiger partial charge in [0.15, 0.2) is 0 Å². The van der Waals surface area contributed by atoms with Gasteiger partial charge in [0.05, 0.1) is 7.11 Å². The van der Waals surface area contributed by atoms with Gasteiger partial charge >= 0.3 is 5.97 Å². The van der Waals surface area contributed by atoms with Crippen LogP contribution in [0.25, 0.3) is 0 Å². The molecule has 8 heavy (non-hydrogen) atoms. The molecular weight excluding hydrogens is 179 g/mol. The third-order valence-corrected chi connectivity index (χ3v) is 0.868. The summed E-state index contributed by atoms with van der Waals surface area (Å²) in [6.45, 7) is 1.07. The molecule has 0 heterocycles. The normalized spacial score (nSPS) is 17.0. The Morgan fingerprint density at radius 2 is 2.25 bits per heavy atom. The number of carbonyl (C=O) groups excluding carboxylic acids is 1. The zero-order chi connectivity index (χ0) is 6.78. The van der Waals surface area contributed by atoms with Crippen LogP contribution in [-0.2, 0) is 9.53 Å². The van der Waals surface area contributed by atoms with Crippen LogP contribution in [0.2, 0.25) is 0 Å². The molecule has 4 heteroatoms. The zero-order valence-corrected chi connectivity index (χ0v) is 6.16. The van der Waals surface area contributed by atoms with Crippen molar-refractivity contribution in [3.8, 4) is 0 Å². The topological polar surface area (TPSA) is 26.3 Å². The van der Waals surface area contributed by atoms with Crippen LogP contribution in [0.15, 0.2) is 0 Å². The molecule has 0 saturated carbocycles. The van der Waals surface area contributed by atoms with Gasteiger partial charge in [-0.15, -0.1) is 0 Å². The third-order valence-electron chi connectivity index (χ3n) is 0.544. The molecule has 0 saturated heterocycles. The smallest absolute Gasteiger partial charge is 0.354 e. The van der Waals surface area contributed by atoms with E-state index in [2.05, 4.69) is 20.7 Å². The van der Waals surface area contributed by atoms with Crippen molar-refractivity contribution in [1.29, 1.82) is 0 Å². The molecule has 0 aliphatic heterocycles. The lowest BCUT2D eigenvalue weighted by molar-refractivity contribution is -0.147. The summed E-state index contributed by atoms with van der Waals surface area (Å²) >= 11 is 2.46. The lowest BCUT2D eigenvalue weighted by atomic mass is 10.5. The molecule has 48 valence electrons. The van der Waals surface area contributed by atoms with Gasteiger partial charge in [-0.05, 0) is 22.9 Å². The molecule has 0 aliphatic rings. The van der Waals surface area contributed by atoms with E-state index in [0.29, 0.717) is 0 Å². The molecule has 0 aromatic heterocycles. The lowest BCUT2D eigenvalue weighted by Gasteiger charge is -2.06. The van der Waals surface area contributed by atoms with Gasteiger partial charge in [-0.2, -0.15) is 0 Å². The maximum Gasteiger partial charge on any atom is 0.354 e. The molecule has 0 amide bonds. The minimum Gasteiger partial charge on any atom is -0.466 e. The Bertz CT molecular complexity index is 96.7. The Morgan fingerprint density at radius 3 is 2.25 bits per heavy atom. The molecule has 0 rings (SSSR count). The van der Waals surface area contributed by atoms with E-state index in [1.54, 1.807) is 0 Å². The van der Waals surface area contributed by atoms with Crippen molar-refractivity contribution in [2.24, 2.45) is 0 Å². The number of ether oxygens (including phenoxy) is 1. The summed E-state index contributed by atoms with van der Waals surface area (Å²) in [6, 6.07) is 0. The Hall–Kier alpha value is -0.120. The predicted octanol–water partition coefficient (Wildman–Crippen LogP) is 1.24. The summed E-state index contributed by atoms with van der Waals surface area (Å²) in [7, 11) is 1.13. The van der Waals surface area contributed by atoms with Gasteiger partial charge in [0.2, 0.25) is 0 Å². The Balaban J connectivity index is 3.82. The second kappa shape index (κ2) is 2.44. The highest BCUT2D eigenvalue weighted by Gasteiger charge is 2.29. The fourth-order valence-corrected chi connectivity index (χ4v) is 0.341. The van der Waals surface area contributed by atoms with E-state index in [0.717, 1.165) is 14.0 Å². The lowest BCUT2D eigenvalue weighted by Crippen LogP contribution is -2.23. The maximum absolute atomic E-state index is 12.2. The summed E-state index contributed by atoms with van der Waals surface area (Å²) in [5, 5.41) is 0. The van der Waals surface area contributed by atoms with Crippen LogP contribution in [0.5, 0.6) is 0 Å². The van der Waals surface area contributed by atoms with Gasteiger partial charge in [0.1, 0.15) is 0 Å². The molecule has 0 radical (unpaired) electrons. The molecule has 0 fully saturated rings. The van der Waals surface area contributed by atoms with Gasteiger partial charge < -0.3 is 4.74 Å². The van der Waals surface area contributed by atoms with Crippen LogP contribution in [-0.4, -0.2) is 17.7 Å². The van der Waals surface area contributed by atoms with Crippen molar-refractivity contribution < 1.29 is 13.9 Å². The van der Waals surface area contributed by atoms with Gasteiger partial charge in [-0.25, -0.2) is 9.18 Å². The van der Waals surface area contributed by atoms with Crippen molar-refractivity contribution in [2.45, 2.75) is 11.5 Å². The standard InChI is InChI=1S/C4H6BrFO2/c1-4(5,6)3(7)8-2/h1-2H3. The van der Waals surface area contributed by atoms with Crippen LogP contribution in [0, 0.1) is 0 Å². The maximum atomic E-state index is 12.2. The number of esters is 1. The highest BCUT2D eigenvalue weighted by atomic mass is 79.9. The Morgan fingerprint density at radius 1 is 1.88 bits per heavy atom. The number of hydrogen-bond acceptors (Lipinski definition) is 2. The van der Waals surface area contributed by atoms with E-state index >= 15 is 0 Å². The van der Waals surface area contributed by atoms with Gasteiger partial charge in [0.25, 0.3) is 4.58 Å². The molecule has 0 spiro atoms. The highest BCUT2D eigenvalue weighted by Crippen LogP contribution is 2.19. The van der Waals surface area contributed by atoms with Crippen LogP contribution in [0.3, 0.4) is 0 Å². The van der Waals surface area contributed by atoms with E-state index in [1.165, 1.54) is 0 Å². The second-order valence-corrected chi connectivity index (χ2v) is 2.87. The Kier molecular flexibility index (Phi) is 2.40. The molecule has 0 aromatic carbocycles. The fourth-order valence-electron chi connectivity index (χ4n) is 0.179. The minimum absolute atomic E-state index is 0.919. The van der Waals surface area contributed by atoms with Gasteiger partial charge in [-0.1, -0.05) is 0 Å². The molecule has 0 N–H and O–H groups in total. The molecule has 0 bridgehead atoms. The van der Waals surface area contributed by atoms with E-state index < -0.39 is 10.5 Å². The van der Waals surface area contributed by atoms with Crippen LogP contribution in [0.1, 0.15) is 6.92 Å². The third kappa shape index (κ3) is 2.26. The van der Waals surface area contributed by atoms with Crippen molar-refractivity contribution in [1.82, 2.24) is 0 Å². The summed E-state index contributed by atoms with van der Waals surface area (Å²) in [4.78, 5) is 10.2. The summed E-state index contributed by atoms with van der Waals surface area (Å²) in [5.74, 6) is -0.919. The zero-order valence-electron chi connectivity index (χ0n) is 4.57. The number of alkyl halides is 2. The SMILES string of the molecule is COC(=O)C(C)(F)Br. The first-order valence-electron chi connectivity index (χ1n) is 1.94. The summed E-state index contributed by atoms with van der Waals surface area (Å²) < 4.78 is 14.2. The fraction of sp³-hybridized carbons (Fsp3) is 0.750. The van der Waals surface area contributed by atoms with Crippen LogP contribution >= 0.6 is 15.9 Å². The number of hydrogen-bond donors (Lipinski definition) is 0. The molecule has 1 unspecified atom stereocenters. The van der Waals surface area contributed by atoms with Crippen LogP contribution < -0.4 is 0 Å². The van der Waals surface area contributed by atoms with Gasteiger partial charge in [0, 0.05) is 0 Å². The van der Waals surface area contributed by atoms with Crippen LogP contribution in [0.4, 0.5) is 4.39 Å². The Labute approximate surface area is 55.1 Å². The first kappa shape index (κ1) is 7.88. The molecule has 0 aromatic rings. The number of methoxy groups -OCH3 is 1. The van der Waals surface area contributed by atoms with Gasteiger partial charge in [-0.3, -0.25) is 0 Å². The van der Waals surface area contributed by atoms with Crippen molar-refractivity contribution in [2.75, 3.05) is 7.11 Å². The molecule has 2 nitrogen and oxygen atoms in total. The molecular formula is C4H6BrFO2. The number of carbonyl (C=O) groups is 1. The van der Waals surface area contributed by atoms with Crippen molar-refractivity contribution in [3.05, 3.63) is 0 Å². The summed E-state index contributed by atoms with van der Waals surface area (Å²) in [5.41, 5.74) is 0. The molecule has 0 aliphatic carbocycles.